The van der Waals surface area contributed by atoms with Crippen LogP contribution in [-0.2, 0) is 4.74 Å². The van der Waals surface area contributed by atoms with E-state index in [1.807, 2.05) is 0 Å². The fraction of sp³-hybridized carbons (Fsp3) is 0.647. The molecule has 3 aliphatic rings. The number of ether oxygens (including phenoxy) is 1. The largest absolute Gasteiger partial charge is 0.374 e. The fourth-order valence-electron chi connectivity index (χ4n) is 3.59. The second-order valence-electron chi connectivity index (χ2n) is 6.50. The molecule has 0 spiro atoms. The molecule has 1 aliphatic heterocycles. The van der Waals surface area contributed by atoms with E-state index in [-0.39, 0.29) is 6.10 Å². The molecule has 2 aliphatic carbocycles. The Morgan fingerprint density at radius 3 is 2.65 bits per heavy atom. The lowest BCUT2D eigenvalue weighted by Gasteiger charge is -2.41. The van der Waals surface area contributed by atoms with Gasteiger partial charge in [-0.1, -0.05) is 24.3 Å². The topological polar surface area (TPSA) is 38.5 Å². The Morgan fingerprint density at radius 1 is 1.15 bits per heavy atom. The fourth-order valence-corrected chi connectivity index (χ4v) is 3.59. The summed E-state index contributed by atoms with van der Waals surface area (Å²) in [5.74, 6) is 0.810. The van der Waals surface area contributed by atoms with Gasteiger partial charge in [0, 0.05) is 19.1 Å². The van der Waals surface area contributed by atoms with Crippen molar-refractivity contribution in [2.45, 2.75) is 49.8 Å². The molecule has 2 N–H and O–H groups in total. The van der Waals surface area contributed by atoms with E-state index < -0.39 is 0 Å². The van der Waals surface area contributed by atoms with Gasteiger partial charge in [0.25, 0.3) is 0 Å². The normalized spacial score (nSPS) is 31.4. The SMILES string of the molecule is NCC1OCCN(C2CC2)C1c1cccc(C2CC2)c1. The Balaban J connectivity index is 1.65. The molecule has 0 radical (unpaired) electrons. The van der Waals surface area contributed by atoms with Gasteiger partial charge >= 0.3 is 0 Å². The average Bonchev–Trinajstić information content (AvgIpc) is 3.39. The minimum Gasteiger partial charge on any atom is -0.374 e. The molecule has 3 nitrogen and oxygen atoms in total. The number of benzene rings is 1. The van der Waals surface area contributed by atoms with Gasteiger partial charge in [0.2, 0.25) is 0 Å². The van der Waals surface area contributed by atoms with E-state index in [0.29, 0.717) is 12.6 Å². The van der Waals surface area contributed by atoms with Crippen molar-refractivity contribution >= 4 is 0 Å². The van der Waals surface area contributed by atoms with Crippen LogP contribution in [0.4, 0.5) is 0 Å². The van der Waals surface area contributed by atoms with E-state index in [2.05, 4.69) is 29.2 Å². The highest BCUT2D eigenvalue weighted by Crippen LogP contribution is 2.43. The molecule has 2 saturated carbocycles. The van der Waals surface area contributed by atoms with Crippen molar-refractivity contribution < 1.29 is 4.74 Å². The summed E-state index contributed by atoms with van der Waals surface area (Å²) in [6.45, 7) is 2.50. The van der Waals surface area contributed by atoms with Gasteiger partial charge in [-0.25, -0.2) is 0 Å². The maximum absolute atomic E-state index is 5.97. The zero-order valence-corrected chi connectivity index (χ0v) is 12.0. The minimum absolute atomic E-state index is 0.152. The lowest BCUT2D eigenvalue weighted by molar-refractivity contribution is -0.0712. The first-order chi connectivity index (χ1) is 9.86. The zero-order valence-electron chi connectivity index (χ0n) is 12.0. The lowest BCUT2D eigenvalue weighted by Crippen LogP contribution is -2.49. The zero-order chi connectivity index (χ0) is 13.5. The summed E-state index contributed by atoms with van der Waals surface area (Å²) in [5.41, 5.74) is 8.90. The second kappa shape index (κ2) is 5.14. The molecule has 0 bridgehead atoms. The monoisotopic (exact) mass is 272 g/mol. The summed E-state index contributed by atoms with van der Waals surface area (Å²) in [7, 11) is 0. The van der Waals surface area contributed by atoms with E-state index in [4.69, 9.17) is 10.5 Å². The summed E-state index contributed by atoms with van der Waals surface area (Å²) in [6, 6.07) is 10.3. The molecule has 1 heterocycles. The van der Waals surface area contributed by atoms with Crippen LogP contribution in [0.25, 0.3) is 0 Å². The third kappa shape index (κ3) is 2.39. The maximum Gasteiger partial charge on any atom is 0.0894 e. The molecule has 0 aromatic heterocycles. The smallest absolute Gasteiger partial charge is 0.0894 e. The Labute approximate surface area is 121 Å². The lowest BCUT2D eigenvalue weighted by atomic mass is 9.95. The van der Waals surface area contributed by atoms with E-state index in [0.717, 1.165) is 25.1 Å². The third-order valence-electron chi connectivity index (χ3n) is 4.94. The quantitative estimate of drug-likeness (QED) is 0.915. The second-order valence-corrected chi connectivity index (χ2v) is 6.50. The minimum atomic E-state index is 0.152. The first-order valence-corrected chi connectivity index (χ1v) is 8.04. The number of hydrogen-bond acceptors (Lipinski definition) is 3. The number of nitrogens with zero attached hydrogens (tertiary/aromatic N) is 1. The standard InChI is InChI=1S/C17H24N2O/c18-11-16-17(19(8-9-20-16)15-6-7-15)14-3-1-2-13(10-14)12-4-5-12/h1-3,10,12,15-17H,4-9,11,18H2. The summed E-state index contributed by atoms with van der Waals surface area (Å²) in [4.78, 5) is 2.65. The van der Waals surface area contributed by atoms with Crippen LogP contribution in [0, 0.1) is 0 Å². The van der Waals surface area contributed by atoms with Crippen molar-refractivity contribution in [3.8, 4) is 0 Å². The van der Waals surface area contributed by atoms with Crippen molar-refractivity contribution in [2.75, 3.05) is 19.7 Å². The van der Waals surface area contributed by atoms with Crippen LogP contribution in [0.2, 0.25) is 0 Å². The van der Waals surface area contributed by atoms with Crippen LogP contribution >= 0.6 is 0 Å². The van der Waals surface area contributed by atoms with Crippen molar-refractivity contribution in [3.63, 3.8) is 0 Å². The molecule has 4 rings (SSSR count). The van der Waals surface area contributed by atoms with Crippen molar-refractivity contribution in [1.29, 1.82) is 0 Å². The maximum atomic E-state index is 5.97. The van der Waals surface area contributed by atoms with Crippen molar-refractivity contribution in [3.05, 3.63) is 35.4 Å². The van der Waals surface area contributed by atoms with Gasteiger partial charge in [0.05, 0.1) is 18.8 Å². The molecule has 20 heavy (non-hydrogen) atoms. The van der Waals surface area contributed by atoms with Gasteiger partial charge in [0.1, 0.15) is 0 Å². The summed E-state index contributed by atoms with van der Waals surface area (Å²) in [6.07, 6.45) is 5.56. The highest BCUT2D eigenvalue weighted by Gasteiger charge is 2.41. The first kappa shape index (κ1) is 12.8. The number of morpholine rings is 1. The molecule has 1 saturated heterocycles. The Kier molecular flexibility index (Phi) is 3.29. The average molecular weight is 272 g/mol. The van der Waals surface area contributed by atoms with Crippen LogP contribution in [0.15, 0.2) is 24.3 Å². The molecule has 3 fully saturated rings. The summed E-state index contributed by atoms with van der Waals surface area (Å²) >= 11 is 0. The van der Waals surface area contributed by atoms with Crippen LogP contribution in [0.1, 0.15) is 48.8 Å². The number of hydrogen-bond donors (Lipinski definition) is 1. The van der Waals surface area contributed by atoms with E-state index >= 15 is 0 Å². The summed E-state index contributed by atoms with van der Waals surface area (Å²) < 4.78 is 5.95. The Hall–Kier alpha value is -0.900. The molecule has 1 aromatic carbocycles. The molecule has 2 unspecified atom stereocenters. The molecule has 1 aromatic rings. The van der Waals surface area contributed by atoms with E-state index in [1.165, 1.54) is 36.8 Å². The van der Waals surface area contributed by atoms with Crippen molar-refractivity contribution in [2.24, 2.45) is 5.73 Å². The summed E-state index contributed by atoms with van der Waals surface area (Å²) in [5, 5.41) is 0. The number of nitrogens with two attached hydrogens (primary N) is 1. The third-order valence-corrected chi connectivity index (χ3v) is 4.94. The Bertz CT molecular complexity index is 482. The van der Waals surface area contributed by atoms with Gasteiger partial charge in [-0.3, -0.25) is 4.90 Å². The first-order valence-electron chi connectivity index (χ1n) is 8.04. The van der Waals surface area contributed by atoms with Gasteiger partial charge in [-0.2, -0.15) is 0 Å². The van der Waals surface area contributed by atoms with E-state index in [1.54, 1.807) is 0 Å². The van der Waals surface area contributed by atoms with Gasteiger partial charge in [0.15, 0.2) is 0 Å². The van der Waals surface area contributed by atoms with E-state index in [9.17, 15) is 0 Å². The predicted octanol–water partition coefficient (Wildman–Crippen LogP) is 2.43. The van der Waals surface area contributed by atoms with Crippen LogP contribution in [0.5, 0.6) is 0 Å². The highest BCUT2D eigenvalue weighted by atomic mass is 16.5. The van der Waals surface area contributed by atoms with Gasteiger partial charge in [-0.05, 0) is 42.7 Å². The highest BCUT2D eigenvalue weighted by molar-refractivity contribution is 5.32. The molecule has 2 atom stereocenters. The van der Waals surface area contributed by atoms with Gasteiger partial charge in [-0.15, -0.1) is 0 Å². The van der Waals surface area contributed by atoms with Crippen LogP contribution < -0.4 is 5.73 Å². The van der Waals surface area contributed by atoms with Crippen LogP contribution in [0.3, 0.4) is 0 Å². The van der Waals surface area contributed by atoms with Crippen molar-refractivity contribution in [1.82, 2.24) is 4.90 Å². The number of rotatable bonds is 4. The molecular formula is C17H24N2O. The molecular weight excluding hydrogens is 248 g/mol. The van der Waals surface area contributed by atoms with Crippen LogP contribution in [-0.4, -0.2) is 36.7 Å². The predicted molar refractivity (Wildman–Crippen MR) is 79.7 cm³/mol. The molecule has 108 valence electrons. The Morgan fingerprint density at radius 2 is 1.95 bits per heavy atom. The van der Waals surface area contributed by atoms with Gasteiger partial charge < -0.3 is 10.5 Å². The molecule has 0 amide bonds. The molecule has 3 heteroatoms.